The number of ether oxygens (including phenoxy) is 1. The van der Waals surface area contributed by atoms with Gasteiger partial charge in [0.05, 0.1) is 13.3 Å². The minimum atomic E-state index is 0.548. The number of nitrogens with one attached hydrogen (secondary N) is 1. The Balaban J connectivity index is 2.61. The number of aryl methyl sites for hydroxylation is 1. The van der Waals surface area contributed by atoms with Crippen molar-refractivity contribution >= 4 is 21.7 Å². The van der Waals surface area contributed by atoms with E-state index in [0.717, 1.165) is 26.9 Å². The second kappa shape index (κ2) is 4.17. The van der Waals surface area contributed by atoms with Gasteiger partial charge in [-0.3, -0.25) is 5.10 Å². The summed E-state index contributed by atoms with van der Waals surface area (Å²) >= 11 is 3.51. The van der Waals surface area contributed by atoms with Gasteiger partial charge in [0.1, 0.15) is 11.6 Å². The molecular weight excluding hydrogens is 270 g/mol. The standard InChI is InChI=1S/C11H12BrN3O/c1-6-3-9(12)7(4-10(6)16-2)8-5-14-15-11(8)13/h3-5H,1-2H3,(H3,13,14,15). The lowest BCUT2D eigenvalue weighted by molar-refractivity contribution is 0.412. The van der Waals surface area contributed by atoms with Gasteiger partial charge in [0.2, 0.25) is 0 Å². The summed E-state index contributed by atoms with van der Waals surface area (Å²) in [6.07, 6.45) is 1.70. The van der Waals surface area contributed by atoms with Crippen molar-refractivity contribution in [2.45, 2.75) is 6.92 Å². The van der Waals surface area contributed by atoms with Gasteiger partial charge in [-0.2, -0.15) is 5.10 Å². The van der Waals surface area contributed by atoms with Crippen molar-refractivity contribution < 1.29 is 4.74 Å². The van der Waals surface area contributed by atoms with Crippen LogP contribution in [0.1, 0.15) is 5.56 Å². The van der Waals surface area contributed by atoms with Crippen LogP contribution in [0.2, 0.25) is 0 Å². The Kier molecular flexibility index (Phi) is 2.87. The molecule has 0 unspecified atom stereocenters. The molecule has 0 saturated heterocycles. The lowest BCUT2D eigenvalue weighted by atomic mass is 10.1. The van der Waals surface area contributed by atoms with Crippen molar-refractivity contribution in [3.05, 3.63) is 28.4 Å². The van der Waals surface area contributed by atoms with E-state index in [-0.39, 0.29) is 0 Å². The molecule has 0 saturated carbocycles. The average Bonchev–Trinajstić information content (AvgIpc) is 2.65. The lowest BCUT2D eigenvalue weighted by Crippen LogP contribution is -1.92. The number of rotatable bonds is 2. The number of nitrogen functional groups attached to an aromatic ring is 1. The fourth-order valence-corrected chi connectivity index (χ4v) is 2.26. The van der Waals surface area contributed by atoms with Gasteiger partial charge in [0, 0.05) is 15.6 Å². The monoisotopic (exact) mass is 281 g/mol. The molecule has 2 rings (SSSR count). The zero-order valence-electron chi connectivity index (χ0n) is 9.04. The van der Waals surface area contributed by atoms with Crippen molar-refractivity contribution in [3.8, 4) is 16.9 Å². The highest BCUT2D eigenvalue weighted by Crippen LogP contribution is 2.35. The number of benzene rings is 1. The highest BCUT2D eigenvalue weighted by Gasteiger charge is 2.11. The summed E-state index contributed by atoms with van der Waals surface area (Å²) in [6, 6.07) is 3.95. The Morgan fingerprint density at radius 1 is 1.38 bits per heavy atom. The summed E-state index contributed by atoms with van der Waals surface area (Å²) in [6.45, 7) is 1.99. The molecule has 16 heavy (non-hydrogen) atoms. The first-order valence-electron chi connectivity index (χ1n) is 4.77. The van der Waals surface area contributed by atoms with Gasteiger partial charge in [0.25, 0.3) is 0 Å². The van der Waals surface area contributed by atoms with Crippen LogP contribution in [0.4, 0.5) is 5.82 Å². The number of aromatic nitrogens is 2. The Labute approximate surface area is 102 Å². The molecule has 0 aliphatic carbocycles. The topological polar surface area (TPSA) is 63.9 Å². The molecule has 1 aromatic carbocycles. The molecule has 0 radical (unpaired) electrons. The molecule has 0 bridgehead atoms. The highest BCUT2D eigenvalue weighted by atomic mass is 79.9. The second-order valence-corrected chi connectivity index (χ2v) is 4.35. The van der Waals surface area contributed by atoms with Crippen molar-refractivity contribution in [2.75, 3.05) is 12.8 Å². The van der Waals surface area contributed by atoms with Crippen LogP contribution in [-0.2, 0) is 0 Å². The van der Waals surface area contributed by atoms with E-state index in [0.29, 0.717) is 5.82 Å². The Morgan fingerprint density at radius 3 is 2.69 bits per heavy atom. The van der Waals surface area contributed by atoms with Crippen LogP contribution in [0.5, 0.6) is 5.75 Å². The third kappa shape index (κ3) is 1.78. The molecule has 0 fully saturated rings. The molecule has 84 valence electrons. The molecule has 0 amide bonds. The summed E-state index contributed by atoms with van der Waals surface area (Å²) in [7, 11) is 1.65. The molecule has 0 aliphatic rings. The summed E-state index contributed by atoms with van der Waals surface area (Å²) in [4.78, 5) is 0. The maximum absolute atomic E-state index is 5.79. The van der Waals surface area contributed by atoms with Crippen LogP contribution < -0.4 is 10.5 Å². The van der Waals surface area contributed by atoms with E-state index in [1.165, 1.54) is 0 Å². The summed E-state index contributed by atoms with van der Waals surface area (Å²) < 4.78 is 6.26. The Morgan fingerprint density at radius 2 is 2.12 bits per heavy atom. The summed E-state index contributed by atoms with van der Waals surface area (Å²) in [5.41, 5.74) is 8.69. The quantitative estimate of drug-likeness (QED) is 0.890. The predicted molar refractivity (Wildman–Crippen MR) is 67.4 cm³/mol. The lowest BCUT2D eigenvalue weighted by Gasteiger charge is -2.09. The van der Waals surface area contributed by atoms with Crippen LogP contribution in [0.3, 0.4) is 0 Å². The summed E-state index contributed by atoms with van der Waals surface area (Å²) in [5, 5.41) is 6.62. The van der Waals surface area contributed by atoms with Crippen molar-refractivity contribution in [2.24, 2.45) is 0 Å². The Hall–Kier alpha value is -1.49. The van der Waals surface area contributed by atoms with Crippen molar-refractivity contribution in [1.82, 2.24) is 10.2 Å². The predicted octanol–water partition coefficient (Wildman–Crippen LogP) is 2.74. The number of halogens is 1. The highest BCUT2D eigenvalue weighted by molar-refractivity contribution is 9.10. The van der Waals surface area contributed by atoms with Crippen LogP contribution in [-0.4, -0.2) is 17.3 Å². The number of H-pyrrole nitrogens is 1. The van der Waals surface area contributed by atoms with Gasteiger partial charge in [-0.25, -0.2) is 0 Å². The number of hydrogen-bond donors (Lipinski definition) is 2. The molecule has 0 aliphatic heterocycles. The van der Waals surface area contributed by atoms with Gasteiger partial charge in [0.15, 0.2) is 0 Å². The van der Waals surface area contributed by atoms with Gasteiger partial charge in [-0.05, 0) is 24.6 Å². The number of nitrogens with zero attached hydrogens (tertiary/aromatic N) is 1. The van der Waals surface area contributed by atoms with E-state index in [9.17, 15) is 0 Å². The van der Waals surface area contributed by atoms with E-state index in [1.54, 1.807) is 13.3 Å². The molecular formula is C11H12BrN3O. The summed E-state index contributed by atoms with van der Waals surface area (Å²) in [5.74, 6) is 1.38. The molecule has 0 atom stereocenters. The van der Waals surface area contributed by atoms with Gasteiger partial charge < -0.3 is 10.5 Å². The number of aromatic amines is 1. The van der Waals surface area contributed by atoms with Crippen molar-refractivity contribution in [1.29, 1.82) is 0 Å². The molecule has 4 nitrogen and oxygen atoms in total. The first-order chi connectivity index (χ1) is 7.63. The van der Waals surface area contributed by atoms with E-state index in [4.69, 9.17) is 10.5 Å². The zero-order valence-corrected chi connectivity index (χ0v) is 10.6. The van der Waals surface area contributed by atoms with Crippen LogP contribution in [0, 0.1) is 6.92 Å². The number of methoxy groups -OCH3 is 1. The van der Waals surface area contributed by atoms with E-state index in [1.807, 2.05) is 19.1 Å². The van der Waals surface area contributed by atoms with Crippen LogP contribution >= 0.6 is 15.9 Å². The van der Waals surface area contributed by atoms with E-state index in [2.05, 4.69) is 26.1 Å². The van der Waals surface area contributed by atoms with Crippen molar-refractivity contribution in [3.63, 3.8) is 0 Å². The van der Waals surface area contributed by atoms with Crippen LogP contribution in [0.15, 0.2) is 22.8 Å². The molecule has 1 heterocycles. The smallest absolute Gasteiger partial charge is 0.126 e. The fourth-order valence-electron chi connectivity index (χ4n) is 1.59. The molecule has 0 spiro atoms. The van der Waals surface area contributed by atoms with E-state index >= 15 is 0 Å². The minimum Gasteiger partial charge on any atom is -0.496 e. The zero-order chi connectivity index (χ0) is 11.7. The maximum atomic E-state index is 5.79. The number of nitrogens with two attached hydrogens (primary N) is 1. The SMILES string of the molecule is COc1cc(-c2cn[nH]c2N)c(Br)cc1C. The Bertz CT molecular complexity index is 522. The average molecular weight is 282 g/mol. The largest absolute Gasteiger partial charge is 0.496 e. The van der Waals surface area contributed by atoms with Gasteiger partial charge in [-0.1, -0.05) is 15.9 Å². The van der Waals surface area contributed by atoms with Crippen LogP contribution in [0.25, 0.3) is 11.1 Å². The maximum Gasteiger partial charge on any atom is 0.126 e. The first-order valence-corrected chi connectivity index (χ1v) is 5.56. The molecule has 1 aromatic heterocycles. The third-order valence-electron chi connectivity index (χ3n) is 2.44. The molecule has 5 heteroatoms. The number of anilines is 1. The minimum absolute atomic E-state index is 0.548. The molecule has 3 N–H and O–H groups in total. The molecule has 2 aromatic rings. The number of hydrogen-bond acceptors (Lipinski definition) is 3. The third-order valence-corrected chi connectivity index (χ3v) is 3.10. The first kappa shape index (κ1) is 11.0. The second-order valence-electron chi connectivity index (χ2n) is 3.50. The normalized spacial score (nSPS) is 10.4. The van der Waals surface area contributed by atoms with Gasteiger partial charge in [-0.15, -0.1) is 0 Å². The fraction of sp³-hybridized carbons (Fsp3) is 0.182. The van der Waals surface area contributed by atoms with E-state index < -0.39 is 0 Å². The van der Waals surface area contributed by atoms with Gasteiger partial charge >= 0.3 is 0 Å².